The Bertz CT molecular complexity index is 1570. The number of hydrogen-bond donors (Lipinski definition) is 3. The summed E-state index contributed by atoms with van der Waals surface area (Å²) in [7, 11) is 0. The summed E-state index contributed by atoms with van der Waals surface area (Å²) in [6.07, 6.45) is 3.31. The van der Waals surface area contributed by atoms with Gasteiger partial charge in [0.15, 0.2) is 11.5 Å². The molecule has 0 saturated heterocycles. The fraction of sp³-hybridized carbons (Fsp3) is 0.297. The molecule has 0 aliphatic rings. The average Bonchev–Trinajstić information content (AvgIpc) is 3.48. The fourth-order valence-electron chi connectivity index (χ4n) is 5.27. The van der Waals surface area contributed by atoms with Gasteiger partial charge in [-0.25, -0.2) is 4.98 Å². The van der Waals surface area contributed by atoms with E-state index in [-0.39, 0.29) is 19.4 Å². The molecule has 46 heavy (non-hydrogen) atoms. The third kappa shape index (κ3) is 9.25. The standard InChI is InChI=1S/C37H41N3O6/c1-4-14-28(23-33-40-31-20-12-13-21-32(31)45-33)37(44)46-34(27-18-10-7-11-19-27)25(3)38-35(42)30(15-5-2)36(43)39-29(24-41)22-26-16-8-6-9-17-26/h4-13,16-21,25,28-30,34,41H,1-2,14-15,22-24H2,3H3,(H,38,42)(H,39,43)/t25-,28-,29-,30?,34-/m1/s1. The Hall–Kier alpha value is -5.02. The van der Waals surface area contributed by atoms with Crippen LogP contribution < -0.4 is 10.6 Å². The maximum absolute atomic E-state index is 13.6. The van der Waals surface area contributed by atoms with Crippen LogP contribution in [0.1, 0.15) is 42.9 Å². The third-order valence-electron chi connectivity index (χ3n) is 7.67. The van der Waals surface area contributed by atoms with E-state index in [1.54, 1.807) is 13.0 Å². The number of rotatable bonds is 17. The molecule has 1 aromatic heterocycles. The van der Waals surface area contributed by atoms with Crippen molar-refractivity contribution < 1.29 is 28.6 Å². The van der Waals surface area contributed by atoms with Gasteiger partial charge in [-0.1, -0.05) is 84.9 Å². The van der Waals surface area contributed by atoms with Crippen LogP contribution in [-0.2, 0) is 32.0 Å². The zero-order chi connectivity index (χ0) is 32.9. The summed E-state index contributed by atoms with van der Waals surface area (Å²) < 4.78 is 11.9. The zero-order valence-corrected chi connectivity index (χ0v) is 26.0. The minimum absolute atomic E-state index is 0.0789. The average molecular weight is 624 g/mol. The molecule has 0 radical (unpaired) electrons. The van der Waals surface area contributed by atoms with Crippen LogP contribution in [0.25, 0.3) is 11.1 Å². The van der Waals surface area contributed by atoms with Gasteiger partial charge in [-0.05, 0) is 49.4 Å². The monoisotopic (exact) mass is 623 g/mol. The van der Waals surface area contributed by atoms with Crippen LogP contribution >= 0.6 is 0 Å². The number of aliphatic hydroxyl groups excluding tert-OH is 1. The van der Waals surface area contributed by atoms with Gasteiger partial charge in [0.05, 0.1) is 24.6 Å². The molecule has 0 spiro atoms. The number of oxazole rings is 1. The molecule has 4 aromatic rings. The highest BCUT2D eigenvalue weighted by molar-refractivity contribution is 6.00. The molecule has 4 rings (SSSR count). The van der Waals surface area contributed by atoms with Crippen molar-refractivity contribution in [3.8, 4) is 0 Å². The molecule has 9 nitrogen and oxygen atoms in total. The lowest BCUT2D eigenvalue weighted by molar-refractivity contribution is -0.157. The van der Waals surface area contributed by atoms with Gasteiger partial charge in [-0.2, -0.15) is 0 Å². The van der Waals surface area contributed by atoms with Crippen molar-refractivity contribution in [3.05, 3.63) is 127 Å². The fourth-order valence-corrected chi connectivity index (χ4v) is 5.27. The van der Waals surface area contributed by atoms with E-state index in [4.69, 9.17) is 9.15 Å². The summed E-state index contributed by atoms with van der Waals surface area (Å²) in [6.45, 7) is 8.96. The maximum Gasteiger partial charge on any atom is 0.310 e. The van der Waals surface area contributed by atoms with Crippen molar-refractivity contribution in [2.75, 3.05) is 6.61 Å². The van der Waals surface area contributed by atoms with Crippen molar-refractivity contribution >= 4 is 28.9 Å². The first-order valence-electron chi connectivity index (χ1n) is 15.4. The second kappa shape index (κ2) is 16.9. The van der Waals surface area contributed by atoms with E-state index in [2.05, 4.69) is 28.8 Å². The minimum atomic E-state index is -1.11. The van der Waals surface area contributed by atoms with Crippen LogP contribution in [0.15, 0.2) is 115 Å². The normalized spacial score (nSPS) is 14.3. The first kappa shape index (κ1) is 33.9. The van der Waals surface area contributed by atoms with Crippen LogP contribution in [0.3, 0.4) is 0 Å². The summed E-state index contributed by atoms with van der Waals surface area (Å²) in [6, 6.07) is 24.7. The van der Waals surface area contributed by atoms with Gasteiger partial charge >= 0.3 is 5.97 Å². The van der Waals surface area contributed by atoms with Crippen LogP contribution in [0.2, 0.25) is 0 Å². The Morgan fingerprint density at radius 2 is 1.50 bits per heavy atom. The number of allylic oxidation sites excluding steroid dienone is 2. The number of hydrogen-bond acceptors (Lipinski definition) is 7. The van der Waals surface area contributed by atoms with Gasteiger partial charge < -0.3 is 24.9 Å². The summed E-state index contributed by atoms with van der Waals surface area (Å²) >= 11 is 0. The molecule has 0 saturated carbocycles. The highest BCUT2D eigenvalue weighted by atomic mass is 16.5. The van der Waals surface area contributed by atoms with Crippen molar-refractivity contribution in [1.29, 1.82) is 0 Å². The van der Waals surface area contributed by atoms with E-state index < -0.39 is 47.8 Å². The number of carbonyl (C=O) groups excluding carboxylic acids is 3. The molecule has 3 N–H and O–H groups in total. The molecule has 0 fully saturated rings. The largest absolute Gasteiger partial charge is 0.455 e. The Morgan fingerprint density at radius 1 is 0.870 bits per heavy atom. The highest BCUT2D eigenvalue weighted by Gasteiger charge is 2.33. The number of esters is 1. The molecule has 9 heteroatoms. The lowest BCUT2D eigenvalue weighted by atomic mass is 9.98. The summed E-state index contributed by atoms with van der Waals surface area (Å²) in [5.74, 6) is -2.90. The second-order valence-electron chi connectivity index (χ2n) is 11.2. The first-order valence-corrected chi connectivity index (χ1v) is 15.4. The Labute approximate surface area is 269 Å². The maximum atomic E-state index is 13.6. The number of nitrogens with one attached hydrogen (secondary N) is 2. The van der Waals surface area contributed by atoms with Crippen LogP contribution in [-0.4, -0.2) is 46.6 Å². The molecule has 1 unspecified atom stereocenters. The van der Waals surface area contributed by atoms with Crippen LogP contribution in [0.4, 0.5) is 0 Å². The predicted octanol–water partition coefficient (Wildman–Crippen LogP) is 5.26. The quantitative estimate of drug-likeness (QED) is 0.0831. The molecule has 2 amide bonds. The minimum Gasteiger partial charge on any atom is -0.455 e. The lowest BCUT2D eigenvalue weighted by Gasteiger charge is -2.28. The Kier molecular flexibility index (Phi) is 12.4. The van der Waals surface area contributed by atoms with Crippen molar-refractivity contribution in [2.24, 2.45) is 11.8 Å². The summed E-state index contributed by atoms with van der Waals surface area (Å²) in [5, 5.41) is 15.6. The Balaban J connectivity index is 1.47. The number of amides is 2. The molecule has 5 atom stereocenters. The van der Waals surface area contributed by atoms with E-state index in [0.717, 1.165) is 5.56 Å². The molecule has 0 aliphatic heterocycles. The van der Waals surface area contributed by atoms with E-state index in [9.17, 15) is 19.5 Å². The van der Waals surface area contributed by atoms with Crippen LogP contribution in [0, 0.1) is 11.8 Å². The lowest BCUT2D eigenvalue weighted by Crippen LogP contribution is -2.49. The first-order chi connectivity index (χ1) is 22.3. The second-order valence-corrected chi connectivity index (χ2v) is 11.2. The van der Waals surface area contributed by atoms with Gasteiger partial charge in [0.25, 0.3) is 0 Å². The van der Waals surface area contributed by atoms with E-state index >= 15 is 0 Å². The predicted molar refractivity (Wildman–Crippen MR) is 176 cm³/mol. The molecule has 1 heterocycles. The van der Waals surface area contributed by atoms with E-state index in [1.165, 1.54) is 6.08 Å². The van der Waals surface area contributed by atoms with Gasteiger partial charge in [0.1, 0.15) is 17.5 Å². The summed E-state index contributed by atoms with van der Waals surface area (Å²) in [4.78, 5) is 45.0. The number of fused-ring (bicyclic) bond motifs is 1. The van der Waals surface area contributed by atoms with Crippen LogP contribution in [0.5, 0.6) is 0 Å². The molecule has 240 valence electrons. The van der Waals surface area contributed by atoms with Crippen molar-refractivity contribution in [1.82, 2.24) is 15.6 Å². The van der Waals surface area contributed by atoms with Gasteiger partial charge in [-0.15, -0.1) is 13.2 Å². The number of nitrogens with zero attached hydrogens (tertiary/aromatic N) is 1. The van der Waals surface area contributed by atoms with E-state index in [1.807, 2.05) is 84.9 Å². The number of ether oxygens (including phenoxy) is 1. The molecular weight excluding hydrogens is 582 g/mol. The highest BCUT2D eigenvalue weighted by Crippen LogP contribution is 2.26. The van der Waals surface area contributed by atoms with Gasteiger partial charge in [0, 0.05) is 6.42 Å². The SMILES string of the molecule is C=CCC(C(=O)N[C@@H](CO)Cc1ccccc1)C(=O)N[C@H](C)[C@@H](OC(=O)[C@H](CC=C)Cc1nc2ccccc2o1)c1ccccc1. The number of aliphatic hydroxyl groups is 1. The number of carbonyl (C=O) groups is 3. The van der Waals surface area contributed by atoms with Crippen molar-refractivity contribution in [3.63, 3.8) is 0 Å². The molecular formula is C37H41N3O6. The molecule has 3 aromatic carbocycles. The smallest absolute Gasteiger partial charge is 0.310 e. The zero-order valence-electron chi connectivity index (χ0n) is 26.0. The van der Waals surface area contributed by atoms with E-state index in [0.29, 0.717) is 35.4 Å². The third-order valence-corrected chi connectivity index (χ3v) is 7.67. The number of aromatic nitrogens is 1. The molecule has 0 aliphatic carbocycles. The molecule has 0 bridgehead atoms. The van der Waals surface area contributed by atoms with Gasteiger partial charge in [-0.3, -0.25) is 14.4 Å². The Morgan fingerprint density at radius 3 is 2.15 bits per heavy atom. The number of para-hydroxylation sites is 2. The van der Waals surface area contributed by atoms with Crippen molar-refractivity contribution in [2.45, 2.75) is 50.8 Å². The number of benzene rings is 3. The topological polar surface area (TPSA) is 131 Å². The summed E-state index contributed by atoms with van der Waals surface area (Å²) in [5.41, 5.74) is 2.95. The van der Waals surface area contributed by atoms with Gasteiger partial charge in [0.2, 0.25) is 11.8 Å².